The number of rotatable bonds is 11. The van der Waals surface area contributed by atoms with Crippen molar-refractivity contribution in [1.29, 1.82) is 0 Å². The zero-order valence-electron chi connectivity index (χ0n) is 16.8. The van der Waals surface area contributed by atoms with Gasteiger partial charge in [0.05, 0.1) is 19.2 Å². The lowest BCUT2D eigenvalue weighted by Gasteiger charge is -2.20. The number of amides is 3. The molecule has 0 saturated carbocycles. The molecule has 0 aliphatic heterocycles. The van der Waals surface area contributed by atoms with Crippen molar-refractivity contribution in [2.75, 3.05) is 13.2 Å². The van der Waals surface area contributed by atoms with Crippen LogP contribution in [0.3, 0.4) is 0 Å². The van der Waals surface area contributed by atoms with Crippen LogP contribution in [0.4, 0.5) is 0 Å². The van der Waals surface area contributed by atoms with E-state index >= 15 is 0 Å². The van der Waals surface area contributed by atoms with E-state index in [-0.39, 0.29) is 18.1 Å². The summed E-state index contributed by atoms with van der Waals surface area (Å²) in [5.41, 5.74) is 6.21. The number of aliphatic carboxylic acids is 1. The van der Waals surface area contributed by atoms with E-state index < -0.39 is 55.0 Å². The van der Waals surface area contributed by atoms with E-state index in [1.807, 2.05) is 0 Å². The SMILES string of the molecule is CC(C)C(N)C(=O)NCC(=O)NC(CO)C(=O)NC(Cc1ccc(O)cc1)C(=O)O. The summed E-state index contributed by atoms with van der Waals surface area (Å²) in [6.45, 7) is 2.25. The first-order valence-electron chi connectivity index (χ1n) is 9.29. The standard InChI is InChI=1S/C19H28N4O7/c1-10(2)16(20)18(28)21-8-15(26)22-14(9-24)17(27)23-13(19(29)30)7-11-3-5-12(25)6-4-11/h3-6,10,13-14,16,24-25H,7-9,20H2,1-2H3,(H,21,28)(H,22,26)(H,23,27)(H,29,30). The summed E-state index contributed by atoms with van der Waals surface area (Å²) in [7, 11) is 0. The normalized spacial score (nSPS) is 13.8. The van der Waals surface area contributed by atoms with Gasteiger partial charge in [-0.3, -0.25) is 14.4 Å². The van der Waals surface area contributed by atoms with Gasteiger partial charge < -0.3 is 37.0 Å². The van der Waals surface area contributed by atoms with Gasteiger partial charge in [-0.2, -0.15) is 0 Å². The van der Waals surface area contributed by atoms with Crippen molar-refractivity contribution in [3.63, 3.8) is 0 Å². The molecule has 1 rings (SSSR count). The topological polar surface area (TPSA) is 191 Å². The van der Waals surface area contributed by atoms with Crippen LogP contribution in [0.1, 0.15) is 19.4 Å². The molecule has 166 valence electrons. The van der Waals surface area contributed by atoms with E-state index in [4.69, 9.17) is 5.73 Å². The molecule has 3 unspecified atom stereocenters. The highest BCUT2D eigenvalue weighted by Gasteiger charge is 2.26. The molecule has 3 amide bonds. The fraction of sp³-hybridized carbons (Fsp3) is 0.474. The number of phenolic OH excluding ortho intramolecular Hbond substituents is 1. The van der Waals surface area contributed by atoms with Gasteiger partial charge in [0.2, 0.25) is 17.7 Å². The molecule has 0 aliphatic rings. The first-order valence-corrected chi connectivity index (χ1v) is 9.29. The molecule has 1 aromatic rings. The lowest BCUT2D eigenvalue weighted by atomic mass is 10.1. The third-order valence-corrected chi connectivity index (χ3v) is 4.27. The van der Waals surface area contributed by atoms with Gasteiger partial charge in [0.25, 0.3) is 0 Å². The molecule has 0 bridgehead atoms. The lowest BCUT2D eigenvalue weighted by Crippen LogP contribution is -2.55. The number of benzene rings is 1. The minimum atomic E-state index is -1.41. The summed E-state index contributed by atoms with van der Waals surface area (Å²) in [6, 6.07) is 2.25. The van der Waals surface area contributed by atoms with Crippen LogP contribution in [0.2, 0.25) is 0 Å². The first kappa shape index (κ1) is 24.9. The average Bonchev–Trinajstić information content (AvgIpc) is 2.70. The number of nitrogens with one attached hydrogen (secondary N) is 3. The molecule has 0 aliphatic carbocycles. The molecule has 0 radical (unpaired) electrons. The summed E-state index contributed by atoms with van der Waals surface area (Å²) >= 11 is 0. The Bertz CT molecular complexity index is 752. The maximum Gasteiger partial charge on any atom is 0.326 e. The van der Waals surface area contributed by atoms with E-state index in [1.54, 1.807) is 13.8 Å². The maximum atomic E-state index is 12.3. The van der Waals surface area contributed by atoms with Crippen LogP contribution in [0.5, 0.6) is 5.75 Å². The number of aliphatic hydroxyl groups is 1. The van der Waals surface area contributed by atoms with Gasteiger partial charge in [-0.1, -0.05) is 26.0 Å². The minimum Gasteiger partial charge on any atom is -0.508 e. The van der Waals surface area contributed by atoms with E-state index in [9.17, 15) is 34.5 Å². The summed E-state index contributed by atoms with van der Waals surface area (Å²) in [5.74, 6) is -3.62. The number of nitrogens with two attached hydrogens (primary N) is 1. The molecule has 11 nitrogen and oxygen atoms in total. The third kappa shape index (κ3) is 8.05. The fourth-order valence-corrected chi connectivity index (χ4v) is 2.37. The predicted molar refractivity (Wildman–Crippen MR) is 106 cm³/mol. The van der Waals surface area contributed by atoms with Gasteiger partial charge in [-0.25, -0.2) is 4.79 Å². The predicted octanol–water partition coefficient (Wildman–Crippen LogP) is -1.92. The maximum absolute atomic E-state index is 12.3. The van der Waals surface area contributed by atoms with Crippen LogP contribution in [-0.2, 0) is 25.6 Å². The van der Waals surface area contributed by atoms with E-state index in [0.29, 0.717) is 5.56 Å². The number of carboxylic acids is 1. The Kier molecular flexibility index (Phi) is 9.72. The monoisotopic (exact) mass is 424 g/mol. The quantitative estimate of drug-likeness (QED) is 0.214. The molecule has 3 atom stereocenters. The Morgan fingerprint density at radius 1 is 1.00 bits per heavy atom. The molecule has 0 fully saturated rings. The second-order valence-corrected chi connectivity index (χ2v) is 7.06. The van der Waals surface area contributed by atoms with Crippen LogP contribution in [0.25, 0.3) is 0 Å². The molecule has 0 heterocycles. The molecule has 1 aromatic carbocycles. The van der Waals surface area contributed by atoms with Crippen LogP contribution >= 0.6 is 0 Å². The van der Waals surface area contributed by atoms with E-state index in [0.717, 1.165) is 0 Å². The van der Waals surface area contributed by atoms with Crippen molar-refractivity contribution in [3.05, 3.63) is 29.8 Å². The third-order valence-electron chi connectivity index (χ3n) is 4.27. The summed E-state index contributed by atoms with van der Waals surface area (Å²) in [5, 5.41) is 34.8. The largest absolute Gasteiger partial charge is 0.508 e. The van der Waals surface area contributed by atoms with Crippen molar-refractivity contribution >= 4 is 23.7 Å². The molecule has 0 saturated heterocycles. The molecular formula is C19H28N4O7. The molecule has 0 spiro atoms. The van der Waals surface area contributed by atoms with Gasteiger partial charge in [-0.05, 0) is 23.6 Å². The number of hydrogen-bond acceptors (Lipinski definition) is 7. The second-order valence-electron chi connectivity index (χ2n) is 7.06. The van der Waals surface area contributed by atoms with Crippen LogP contribution < -0.4 is 21.7 Å². The van der Waals surface area contributed by atoms with Crippen molar-refractivity contribution in [1.82, 2.24) is 16.0 Å². The number of phenols is 1. The Balaban J connectivity index is 2.64. The molecule has 11 heteroatoms. The number of carbonyl (C=O) groups excluding carboxylic acids is 3. The molecular weight excluding hydrogens is 396 g/mol. The van der Waals surface area contributed by atoms with Crippen LogP contribution in [-0.4, -0.2) is 70.3 Å². The van der Waals surface area contributed by atoms with Gasteiger partial charge in [0.1, 0.15) is 17.8 Å². The minimum absolute atomic E-state index is 0.0131. The molecule has 8 N–H and O–H groups in total. The van der Waals surface area contributed by atoms with Crippen molar-refractivity contribution < 1.29 is 34.5 Å². The Hall–Kier alpha value is -3.18. The lowest BCUT2D eigenvalue weighted by molar-refractivity contribution is -0.142. The molecule has 0 aromatic heterocycles. The van der Waals surface area contributed by atoms with Gasteiger partial charge in [0, 0.05) is 6.42 Å². The van der Waals surface area contributed by atoms with Gasteiger partial charge >= 0.3 is 5.97 Å². The van der Waals surface area contributed by atoms with E-state index in [1.165, 1.54) is 24.3 Å². The number of carbonyl (C=O) groups is 4. The highest BCUT2D eigenvalue weighted by molar-refractivity contribution is 5.92. The second kappa shape index (κ2) is 11.7. The first-order chi connectivity index (χ1) is 14.0. The van der Waals surface area contributed by atoms with Crippen LogP contribution in [0.15, 0.2) is 24.3 Å². The number of aliphatic hydroxyl groups excluding tert-OH is 1. The Morgan fingerprint density at radius 2 is 1.60 bits per heavy atom. The van der Waals surface area contributed by atoms with Crippen molar-refractivity contribution in [2.24, 2.45) is 11.7 Å². The summed E-state index contributed by atoms with van der Waals surface area (Å²) in [4.78, 5) is 47.5. The Morgan fingerprint density at radius 3 is 2.10 bits per heavy atom. The van der Waals surface area contributed by atoms with E-state index in [2.05, 4.69) is 16.0 Å². The average molecular weight is 424 g/mol. The fourth-order valence-electron chi connectivity index (χ4n) is 2.37. The Labute approximate surface area is 173 Å². The summed E-state index contributed by atoms with van der Waals surface area (Å²) in [6.07, 6.45) is -0.0728. The summed E-state index contributed by atoms with van der Waals surface area (Å²) < 4.78 is 0. The van der Waals surface area contributed by atoms with Crippen LogP contribution in [0, 0.1) is 5.92 Å². The smallest absolute Gasteiger partial charge is 0.326 e. The number of carboxylic acid groups (broad SMARTS) is 1. The number of aromatic hydroxyl groups is 1. The van der Waals surface area contributed by atoms with Gasteiger partial charge in [0.15, 0.2) is 0 Å². The van der Waals surface area contributed by atoms with Gasteiger partial charge in [-0.15, -0.1) is 0 Å². The molecule has 30 heavy (non-hydrogen) atoms. The number of hydrogen-bond donors (Lipinski definition) is 7. The zero-order valence-corrected chi connectivity index (χ0v) is 16.8. The highest BCUT2D eigenvalue weighted by Crippen LogP contribution is 2.11. The zero-order chi connectivity index (χ0) is 22.8. The van der Waals surface area contributed by atoms with Crippen molar-refractivity contribution in [2.45, 2.75) is 38.4 Å². The highest BCUT2D eigenvalue weighted by atomic mass is 16.4. The van der Waals surface area contributed by atoms with Crippen molar-refractivity contribution in [3.8, 4) is 5.75 Å².